The Hall–Kier alpha value is -0.770. The van der Waals surface area contributed by atoms with Crippen molar-refractivity contribution < 1.29 is 4.74 Å². The van der Waals surface area contributed by atoms with E-state index in [1.165, 1.54) is 31.5 Å². The molecule has 2 fully saturated rings. The lowest BCUT2D eigenvalue weighted by Gasteiger charge is -2.47. The van der Waals surface area contributed by atoms with Crippen LogP contribution in [0.3, 0.4) is 0 Å². The Kier molecular flexibility index (Phi) is 3.60. The van der Waals surface area contributed by atoms with Crippen molar-refractivity contribution in [1.82, 2.24) is 10.2 Å². The van der Waals surface area contributed by atoms with Gasteiger partial charge in [0.25, 0.3) is 0 Å². The summed E-state index contributed by atoms with van der Waals surface area (Å²) in [5, 5.41) is 4.23. The SMILES string of the molecule is Clc1ccc2c(c1)OC1(CCNCC1)CC2N1CCCC1. The molecule has 1 aromatic rings. The van der Waals surface area contributed by atoms with Gasteiger partial charge in [-0.3, -0.25) is 4.90 Å². The monoisotopic (exact) mass is 306 g/mol. The first-order valence-corrected chi connectivity index (χ1v) is 8.57. The van der Waals surface area contributed by atoms with Gasteiger partial charge >= 0.3 is 0 Å². The molecule has 1 spiro atoms. The minimum Gasteiger partial charge on any atom is -0.487 e. The van der Waals surface area contributed by atoms with Crippen LogP contribution in [0.25, 0.3) is 0 Å². The van der Waals surface area contributed by atoms with Crippen molar-refractivity contribution in [2.75, 3.05) is 26.2 Å². The number of rotatable bonds is 1. The molecule has 4 rings (SSSR count). The fourth-order valence-electron chi connectivity index (χ4n) is 4.18. The van der Waals surface area contributed by atoms with E-state index in [1.807, 2.05) is 12.1 Å². The van der Waals surface area contributed by atoms with E-state index in [0.717, 1.165) is 43.1 Å². The highest BCUT2D eigenvalue weighted by Gasteiger charge is 2.43. The van der Waals surface area contributed by atoms with Gasteiger partial charge in [0.1, 0.15) is 11.4 Å². The summed E-state index contributed by atoms with van der Waals surface area (Å²) in [5.74, 6) is 1.02. The standard InChI is InChI=1S/C17H23ClN2O/c18-13-3-4-14-15(20-9-1-2-10-20)12-17(21-16(14)11-13)5-7-19-8-6-17/h3-4,11,15,19H,1-2,5-10,12H2. The van der Waals surface area contributed by atoms with Gasteiger partial charge in [-0.15, -0.1) is 0 Å². The fraction of sp³-hybridized carbons (Fsp3) is 0.647. The van der Waals surface area contributed by atoms with Crippen LogP contribution >= 0.6 is 11.6 Å². The first kappa shape index (κ1) is 13.9. The summed E-state index contributed by atoms with van der Waals surface area (Å²) in [6, 6.07) is 6.71. The molecule has 0 saturated carbocycles. The van der Waals surface area contributed by atoms with Crippen molar-refractivity contribution in [3.05, 3.63) is 28.8 Å². The van der Waals surface area contributed by atoms with Crippen molar-refractivity contribution >= 4 is 11.6 Å². The average Bonchev–Trinajstić information content (AvgIpc) is 3.01. The number of likely N-dealkylation sites (tertiary alicyclic amines) is 1. The molecule has 0 amide bonds. The number of benzene rings is 1. The molecule has 0 bridgehead atoms. The summed E-state index contributed by atoms with van der Waals surface area (Å²) < 4.78 is 6.48. The lowest BCUT2D eigenvalue weighted by atomic mass is 9.80. The predicted molar refractivity (Wildman–Crippen MR) is 85.1 cm³/mol. The molecule has 1 unspecified atom stereocenters. The summed E-state index contributed by atoms with van der Waals surface area (Å²) in [7, 11) is 0. The molecule has 3 nitrogen and oxygen atoms in total. The van der Waals surface area contributed by atoms with Gasteiger partial charge in [-0.2, -0.15) is 0 Å². The van der Waals surface area contributed by atoms with Gasteiger partial charge in [0, 0.05) is 23.0 Å². The molecule has 1 atom stereocenters. The number of nitrogens with zero attached hydrogens (tertiary/aromatic N) is 1. The molecular formula is C17H23ClN2O. The zero-order valence-electron chi connectivity index (χ0n) is 12.4. The van der Waals surface area contributed by atoms with Gasteiger partial charge in [-0.1, -0.05) is 17.7 Å². The van der Waals surface area contributed by atoms with E-state index in [4.69, 9.17) is 16.3 Å². The molecule has 0 radical (unpaired) electrons. The van der Waals surface area contributed by atoms with Crippen molar-refractivity contribution in [2.45, 2.75) is 43.7 Å². The topological polar surface area (TPSA) is 24.5 Å². The van der Waals surface area contributed by atoms with E-state index in [1.54, 1.807) is 0 Å². The molecule has 1 N–H and O–H groups in total. The quantitative estimate of drug-likeness (QED) is 0.861. The Morgan fingerprint density at radius 1 is 1.19 bits per heavy atom. The second-order valence-electron chi connectivity index (χ2n) is 6.68. The van der Waals surface area contributed by atoms with Crippen molar-refractivity contribution in [2.24, 2.45) is 0 Å². The highest BCUT2D eigenvalue weighted by Crippen LogP contribution is 2.47. The third kappa shape index (κ3) is 2.56. The molecule has 2 saturated heterocycles. The maximum absolute atomic E-state index is 6.48. The van der Waals surface area contributed by atoms with Crippen molar-refractivity contribution in [1.29, 1.82) is 0 Å². The number of fused-ring (bicyclic) bond motifs is 1. The van der Waals surface area contributed by atoms with Crippen molar-refractivity contribution in [3.63, 3.8) is 0 Å². The average molecular weight is 307 g/mol. The van der Waals surface area contributed by atoms with Crippen LogP contribution in [0.15, 0.2) is 18.2 Å². The van der Waals surface area contributed by atoms with Crippen molar-refractivity contribution in [3.8, 4) is 5.75 Å². The fourth-order valence-corrected chi connectivity index (χ4v) is 4.34. The summed E-state index contributed by atoms with van der Waals surface area (Å²) in [5.41, 5.74) is 1.35. The molecular weight excluding hydrogens is 284 g/mol. The van der Waals surface area contributed by atoms with Gasteiger partial charge in [-0.05, 0) is 64.0 Å². The van der Waals surface area contributed by atoms with Gasteiger partial charge in [0.2, 0.25) is 0 Å². The predicted octanol–water partition coefficient (Wildman–Crippen LogP) is 3.38. The van der Waals surface area contributed by atoms with E-state index >= 15 is 0 Å². The highest BCUT2D eigenvalue weighted by atomic mass is 35.5. The minimum absolute atomic E-state index is 0.0101. The number of piperidine rings is 1. The third-order valence-corrected chi connectivity index (χ3v) is 5.56. The highest BCUT2D eigenvalue weighted by molar-refractivity contribution is 6.30. The maximum atomic E-state index is 6.48. The lowest BCUT2D eigenvalue weighted by Crippen LogP contribution is -2.51. The summed E-state index contributed by atoms with van der Waals surface area (Å²) in [6.07, 6.45) is 5.99. The number of nitrogens with one attached hydrogen (secondary N) is 1. The molecule has 3 aliphatic heterocycles. The molecule has 114 valence electrons. The minimum atomic E-state index is 0.0101. The zero-order chi connectivity index (χ0) is 14.3. The van der Waals surface area contributed by atoms with Gasteiger partial charge in [-0.25, -0.2) is 0 Å². The number of halogens is 1. The largest absolute Gasteiger partial charge is 0.487 e. The molecule has 0 aliphatic carbocycles. The first-order valence-electron chi connectivity index (χ1n) is 8.19. The molecule has 3 aliphatic rings. The van der Waals surface area contributed by atoms with E-state index < -0.39 is 0 Å². The Bertz CT molecular complexity index is 522. The van der Waals surface area contributed by atoms with Crippen LogP contribution in [0.5, 0.6) is 5.75 Å². The van der Waals surface area contributed by atoms with E-state index in [-0.39, 0.29) is 5.60 Å². The van der Waals surface area contributed by atoms with E-state index in [9.17, 15) is 0 Å². The Balaban J connectivity index is 1.71. The molecule has 3 heterocycles. The van der Waals surface area contributed by atoms with Gasteiger partial charge in [0.05, 0.1) is 0 Å². The zero-order valence-corrected chi connectivity index (χ0v) is 13.2. The molecule has 4 heteroatoms. The Morgan fingerprint density at radius 2 is 1.95 bits per heavy atom. The van der Waals surface area contributed by atoms with Crippen LogP contribution in [-0.4, -0.2) is 36.7 Å². The van der Waals surface area contributed by atoms with Gasteiger partial charge in [0.15, 0.2) is 0 Å². The van der Waals surface area contributed by atoms with Crippen LogP contribution < -0.4 is 10.1 Å². The van der Waals surface area contributed by atoms with Crippen LogP contribution in [0.2, 0.25) is 5.02 Å². The number of hydrogen-bond donors (Lipinski definition) is 1. The molecule has 21 heavy (non-hydrogen) atoms. The number of ether oxygens (including phenoxy) is 1. The Morgan fingerprint density at radius 3 is 2.71 bits per heavy atom. The third-order valence-electron chi connectivity index (χ3n) is 5.32. The normalized spacial score (nSPS) is 28.3. The van der Waals surface area contributed by atoms with Gasteiger partial charge < -0.3 is 10.1 Å². The smallest absolute Gasteiger partial charge is 0.126 e. The van der Waals surface area contributed by atoms with Crippen LogP contribution in [-0.2, 0) is 0 Å². The number of hydrogen-bond acceptors (Lipinski definition) is 3. The van der Waals surface area contributed by atoms with E-state index in [2.05, 4.69) is 16.3 Å². The summed E-state index contributed by atoms with van der Waals surface area (Å²) >= 11 is 6.21. The van der Waals surface area contributed by atoms with Crippen LogP contribution in [0, 0.1) is 0 Å². The van der Waals surface area contributed by atoms with Crippen LogP contribution in [0.4, 0.5) is 0 Å². The summed E-state index contributed by atoms with van der Waals surface area (Å²) in [6.45, 7) is 4.56. The Labute approximate surface area is 131 Å². The second-order valence-corrected chi connectivity index (χ2v) is 7.12. The molecule has 1 aromatic carbocycles. The van der Waals surface area contributed by atoms with Crippen LogP contribution in [0.1, 0.15) is 43.7 Å². The first-order chi connectivity index (χ1) is 10.3. The second kappa shape index (κ2) is 5.45. The lowest BCUT2D eigenvalue weighted by molar-refractivity contribution is -0.0159. The molecule has 0 aromatic heterocycles. The summed E-state index contributed by atoms with van der Waals surface area (Å²) in [4.78, 5) is 2.65. The maximum Gasteiger partial charge on any atom is 0.126 e. The van der Waals surface area contributed by atoms with E-state index in [0.29, 0.717) is 6.04 Å².